The normalized spacial score (nSPS) is 27.8. The van der Waals surface area contributed by atoms with Crippen LogP contribution < -0.4 is 11.1 Å². The summed E-state index contributed by atoms with van der Waals surface area (Å²) in [5.41, 5.74) is 6.20. The van der Waals surface area contributed by atoms with Crippen LogP contribution in [0.25, 0.3) is 0 Å². The predicted octanol–water partition coefficient (Wildman–Crippen LogP) is 2.35. The van der Waals surface area contributed by atoms with Gasteiger partial charge in [0, 0.05) is 12.2 Å². The van der Waals surface area contributed by atoms with Crippen LogP contribution in [0, 0.1) is 11.8 Å². The fourth-order valence-electron chi connectivity index (χ4n) is 2.52. The van der Waals surface area contributed by atoms with E-state index in [0.717, 1.165) is 5.92 Å². The van der Waals surface area contributed by atoms with Gasteiger partial charge in [0.25, 0.3) is 0 Å². The van der Waals surface area contributed by atoms with Crippen molar-refractivity contribution >= 4 is 23.2 Å². The van der Waals surface area contributed by atoms with Crippen molar-refractivity contribution in [3.63, 3.8) is 0 Å². The van der Waals surface area contributed by atoms with Gasteiger partial charge in [0.05, 0.1) is 0 Å². The average Bonchev–Trinajstić information content (AvgIpc) is 2.35. The molecule has 18 heavy (non-hydrogen) atoms. The molecule has 4 nitrogen and oxygen atoms in total. The molecule has 2 rings (SSSR count). The molecule has 1 saturated carbocycles. The zero-order valence-electron chi connectivity index (χ0n) is 10.9. The van der Waals surface area contributed by atoms with Crippen molar-refractivity contribution in [1.82, 2.24) is 9.97 Å². The second kappa shape index (κ2) is 5.61. The van der Waals surface area contributed by atoms with Crippen molar-refractivity contribution < 1.29 is 0 Å². The van der Waals surface area contributed by atoms with Gasteiger partial charge in [-0.1, -0.05) is 38.9 Å². The largest absolute Gasteiger partial charge is 0.388 e. The van der Waals surface area contributed by atoms with E-state index in [2.05, 4.69) is 29.1 Å². The van der Waals surface area contributed by atoms with E-state index >= 15 is 0 Å². The van der Waals surface area contributed by atoms with Crippen molar-refractivity contribution in [2.45, 2.75) is 39.2 Å². The Labute approximate surface area is 113 Å². The van der Waals surface area contributed by atoms with Crippen LogP contribution >= 0.6 is 12.2 Å². The summed E-state index contributed by atoms with van der Waals surface area (Å²) in [7, 11) is 0. The van der Waals surface area contributed by atoms with Gasteiger partial charge in [0.15, 0.2) is 0 Å². The van der Waals surface area contributed by atoms with E-state index in [-0.39, 0.29) is 0 Å². The molecule has 1 aromatic rings. The average molecular weight is 264 g/mol. The lowest BCUT2D eigenvalue weighted by molar-refractivity contribution is 0.252. The SMILES string of the molecule is CC1CCCC(Nc2nccc(C(N)=S)n2)C1C. The summed E-state index contributed by atoms with van der Waals surface area (Å²) in [5.74, 6) is 2.01. The van der Waals surface area contributed by atoms with Crippen LogP contribution in [0.15, 0.2) is 12.3 Å². The van der Waals surface area contributed by atoms with E-state index in [9.17, 15) is 0 Å². The Balaban J connectivity index is 2.08. The highest BCUT2D eigenvalue weighted by molar-refractivity contribution is 7.80. The third kappa shape index (κ3) is 2.96. The topological polar surface area (TPSA) is 63.8 Å². The van der Waals surface area contributed by atoms with Crippen molar-refractivity contribution in [2.24, 2.45) is 17.6 Å². The first-order chi connectivity index (χ1) is 8.58. The zero-order chi connectivity index (χ0) is 13.1. The summed E-state index contributed by atoms with van der Waals surface area (Å²) >= 11 is 4.93. The molecule has 0 amide bonds. The maximum absolute atomic E-state index is 5.58. The quantitative estimate of drug-likeness (QED) is 0.820. The number of anilines is 1. The summed E-state index contributed by atoms with van der Waals surface area (Å²) in [6, 6.07) is 2.18. The summed E-state index contributed by atoms with van der Waals surface area (Å²) in [6.45, 7) is 4.60. The minimum absolute atomic E-state index is 0.311. The second-order valence-corrected chi connectivity index (χ2v) is 5.59. The first-order valence-corrected chi connectivity index (χ1v) is 6.88. The minimum Gasteiger partial charge on any atom is -0.388 e. The van der Waals surface area contributed by atoms with Crippen LogP contribution in [0.5, 0.6) is 0 Å². The first-order valence-electron chi connectivity index (χ1n) is 6.47. The number of thiocarbonyl (C=S) groups is 1. The van der Waals surface area contributed by atoms with Crippen LogP contribution in [-0.2, 0) is 0 Å². The van der Waals surface area contributed by atoms with E-state index < -0.39 is 0 Å². The number of aromatic nitrogens is 2. The van der Waals surface area contributed by atoms with Crippen molar-refractivity contribution in [2.75, 3.05) is 5.32 Å². The maximum atomic E-state index is 5.58. The lowest BCUT2D eigenvalue weighted by Crippen LogP contribution is -2.35. The van der Waals surface area contributed by atoms with E-state index in [1.807, 2.05) is 0 Å². The van der Waals surface area contributed by atoms with Crippen LogP contribution in [0.1, 0.15) is 38.8 Å². The number of nitrogens with two attached hydrogens (primary N) is 1. The summed E-state index contributed by atoms with van der Waals surface area (Å²) in [5, 5.41) is 3.42. The Hall–Kier alpha value is -1.23. The predicted molar refractivity (Wildman–Crippen MR) is 77.5 cm³/mol. The van der Waals surface area contributed by atoms with Crippen LogP contribution in [0.3, 0.4) is 0 Å². The van der Waals surface area contributed by atoms with Gasteiger partial charge in [0.2, 0.25) is 5.95 Å². The second-order valence-electron chi connectivity index (χ2n) is 5.15. The Kier molecular flexibility index (Phi) is 4.11. The lowest BCUT2D eigenvalue weighted by Gasteiger charge is -2.34. The molecule has 1 aliphatic rings. The van der Waals surface area contributed by atoms with E-state index in [1.54, 1.807) is 12.3 Å². The molecule has 1 heterocycles. The summed E-state index contributed by atoms with van der Waals surface area (Å²) < 4.78 is 0. The third-order valence-corrected chi connectivity index (χ3v) is 4.14. The number of hydrogen-bond donors (Lipinski definition) is 2. The molecule has 0 aliphatic heterocycles. The Morgan fingerprint density at radius 1 is 1.44 bits per heavy atom. The molecule has 0 aromatic carbocycles. The molecule has 1 aliphatic carbocycles. The molecule has 3 unspecified atom stereocenters. The Bertz CT molecular complexity index is 435. The van der Waals surface area contributed by atoms with Gasteiger partial charge in [-0.25, -0.2) is 9.97 Å². The lowest BCUT2D eigenvalue weighted by atomic mass is 9.78. The summed E-state index contributed by atoms with van der Waals surface area (Å²) in [4.78, 5) is 8.89. The zero-order valence-corrected chi connectivity index (χ0v) is 11.7. The van der Waals surface area contributed by atoms with Gasteiger partial charge < -0.3 is 11.1 Å². The molecule has 3 N–H and O–H groups in total. The highest BCUT2D eigenvalue weighted by Crippen LogP contribution is 2.30. The number of nitrogens with one attached hydrogen (secondary N) is 1. The fraction of sp³-hybridized carbons (Fsp3) is 0.615. The van der Waals surface area contributed by atoms with Crippen LogP contribution in [-0.4, -0.2) is 21.0 Å². The molecule has 1 fully saturated rings. The smallest absolute Gasteiger partial charge is 0.223 e. The van der Waals surface area contributed by atoms with Crippen molar-refractivity contribution in [3.8, 4) is 0 Å². The molecule has 0 saturated heterocycles. The molecule has 0 radical (unpaired) electrons. The first kappa shape index (κ1) is 13.2. The Morgan fingerprint density at radius 2 is 2.22 bits per heavy atom. The molecule has 0 bridgehead atoms. The number of hydrogen-bond acceptors (Lipinski definition) is 4. The van der Waals surface area contributed by atoms with Gasteiger partial charge in [-0.2, -0.15) is 0 Å². The van der Waals surface area contributed by atoms with Gasteiger partial charge >= 0.3 is 0 Å². The molecule has 0 spiro atoms. The fourth-order valence-corrected chi connectivity index (χ4v) is 2.63. The molecule has 5 heteroatoms. The molecule has 1 aromatic heterocycles. The highest BCUT2D eigenvalue weighted by atomic mass is 32.1. The minimum atomic E-state index is 0.311. The molecular weight excluding hydrogens is 244 g/mol. The monoisotopic (exact) mass is 264 g/mol. The standard InChI is InChI=1S/C13H20N4S/c1-8-4-3-5-10(9(8)2)16-13-15-7-6-11(17-13)12(14)18/h6-10H,3-5H2,1-2H3,(H2,14,18)(H,15,16,17). The maximum Gasteiger partial charge on any atom is 0.223 e. The third-order valence-electron chi connectivity index (χ3n) is 3.93. The van der Waals surface area contributed by atoms with Crippen molar-refractivity contribution in [1.29, 1.82) is 0 Å². The molecule has 3 atom stereocenters. The van der Waals surface area contributed by atoms with Crippen LogP contribution in [0.2, 0.25) is 0 Å². The molecular formula is C13H20N4S. The van der Waals surface area contributed by atoms with E-state index in [1.165, 1.54) is 19.3 Å². The van der Waals surface area contributed by atoms with Gasteiger partial charge in [-0.15, -0.1) is 0 Å². The molecule has 98 valence electrons. The van der Waals surface area contributed by atoms with Crippen molar-refractivity contribution in [3.05, 3.63) is 18.0 Å². The van der Waals surface area contributed by atoms with E-state index in [0.29, 0.717) is 28.6 Å². The van der Waals surface area contributed by atoms with Gasteiger partial charge in [-0.05, 0) is 24.3 Å². The summed E-state index contributed by atoms with van der Waals surface area (Å²) in [6.07, 6.45) is 5.44. The van der Waals surface area contributed by atoms with Gasteiger partial charge in [-0.3, -0.25) is 0 Å². The highest BCUT2D eigenvalue weighted by Gasteiger charge is 2.27. The number of nitrogens with zero attached hydrogens (tertiary/aromatic N) is 2. The van der Waals surface area contributed by atoms with Crippen LogP contribution in [0.4, 0.5) is 5.95 Å². The Morgan fingerprint density at radius 3 is 2.94 bits per heavy atom. The number of rotatable bonds is 3. The van der Waals surface area contributed by atoms with E-state index in [4.69, 9.17) is 18.0 Å². The van der Waals surface area contributed by atoms with Gasteiger partial charge in [0.1, 0.15) is 10.7 Å².